The number of halogens is 3. The van der Waals surface area contributed by atoms with Gasteiger partial charge in [-0.25, -0.2) is 9.97 Å². The van der Waals surface area contributed by atoms with Gasteiger partial charge < -0.3 is 10.1 Å². The molecule has 1 fully saturated rings. The summed E-state index contributed by atoms with van der Waals surface area (Å²) in [6, 6.07) is 6.96. The fourth-order valence-electron chi connectivity index (χ4n) is 4.75. The lowest BCUT2D eigenvalue weighted by Gasteiger charge is -2.30. The third-order valence-corrected chi connectivity index (χ3v) is 6.87. The van der Waals surface area contributed by atoms with Crippen molar-refractivity contribution in [2.24, 2.45) is 0 Å². The number of anilines is 1. The Morgan fingerprint density at radius 3 is 2.58 bits per heavy atom. The van der Waals surface area contributed by atoms with E-state index in [1.165, 1.54) is 12.1 Å². The van der Waals surface area contributed by atoms with Crippen LogP contribution in [0.4, 0.5) is 19.0 Å². The minimum absolute atomic E-state index is 0.0276. The highest BCUT2D eigenvalue weighted by Crippen LogP contribution is 2.39. The summed E-state index contributed by atoms with van der Waals surface area (Å²) in [4.78, 5) is 7.95. The van der Waals surface area contributed by atoms with E-state index in [2.05, 4.69) is 26.5 Å². The molecule has 1 saturated carbocycles. The highest BCUT2D eigenvalue weighted by atomic mass is 19.4. The maximum absolute atomic E-state index is 13.3. The highest BCUT2D eigenvalue weighted by molar-refractivity contribution is 5.93. The molecule has 198 valence electrons. The summed E-state index contributed by atoms with van der Waals surface area (Å²) in [5.74, 6) is 0.456. The van der Waals surface area contributed by atoms with E-state index in [-0.39, 0.29) is 17.9 Å². The van der Waals surface area contributed by atoms with Crippen molar-refractivity contribution < 1.29 is 17.9 Å². The zero-order chi connectivity index (χ0) is 27.1. The third kappa shape index (κ3) is 4.76. The van der Waals surface area contributed by atoms with Crippen LogP contribution in [-0.2, 0) is 11.7 Å². The number of nitriles is 1. The number of alkyl halides is 3. The second-order valence-corrected chi connectivity index (χ2v) is 9.87. The first-order valence-corrected chi connectivity index (χ1v) is 12.3. The molecule has 38 heavy (non-hydrogen) atoms. The Morgan fingerprint density at radius 2 is 1.89 bits per heavy atom. The van der Waals surface area contributed by atoms with Crippen LogP contribution in [0.2, 0.25) is 0 Å². The molecular formula is C26H27F3N8O. The van der Waals surface area contributed by atoms with Gasteiger partial charge in [0, 0.05) is 42.7 Å². The number of aromatic nitrogens is 6. The molecule has 4 aromatic rings. The Labute approximate surface area is 217 Å². The van der Waals surface area contributed by atoms with Crippen LogP contribution in [0.5, 0.6) is 5.75 Å². The standard InChI is InChI=1S/C26H27F3N8O/c1-25(2,15-30)36-14-16(12-34-36)23-19-13-33-22(31-3)11-20(19)37(35-23)17-6-8-18(9-7-17)38-21-5-4-10-32-24(21)26(27,28)29/h4-5,10-14,17-18H,6-9H2,1-3H3,(H,31,33). The summed E-state index contributed by atoms with van der Waals surface area (Å²) in [5, 5.41) is 22.7. The van der Waals surface area contributed by atoms with Crippen molar-refractivity contribution in [3.8, 4) is 23.1 Å². The number of ether oxygens (including phenoxy) is 1. The summed E-state index contributed by atoms with van der Waals surface area (Å²) in [6.07, 6.45) is 3.96. The van der Waals surface area contributed by atoms with Crippen LogP contribution in [0.1, 0.15) is 51.3 Å². The summed E-state index contributed by atoms with van der Waals surface area (Å²) in [5.41, 5.74) is 0.551. The predicted octanol–water partition coefficient (Wildman–Crippen LogP) is 5.57. The second-order valence-electron chi connectivity index (χ2n) is 9.87. The molecule has 1 aliphatic rings. The smallest absolute Gasteiger partial charge is 0.437 e. The fraction of sp³-hybridized carbons (Fsp3) is 0.423. The van der Waals surface area contributed by atoms with Crippen LogP contribution in [-0.4, -0.2) is 42.7 Å². The van der Waals surface area contributed by atoms with Gasteiger partial charge in [-0.2, -0.15) is 28.6 Å². The van der Waals surface area contributed by atoms with Crippen molar-refractivity contribution in [2.75, 3.05) is 12.4 Å². The van der Waals surface area contributed by atoms with Crippen molar-refractivity contribution in [2.45, 2.75) is 63.4 Å². The van der Waals surface area contributed by atoms with Crippen molar-refractivity contribution in [3.63, 3.8) is 0 Å². The normalized spacial score (nSPS) is 18.3. The molecule has 0 saturated heterocycles. The first-order valence-electron chi connectivity index (χ1n) is 12.3. The first-order chi connectivity index (χ1) is 18.1. The molecule has 0 unspecified atom stereocenters. The summed E-state index contributed by atoms with van der Waals surface area (Å²) in [6.45, 7) is 3.57. The molecule has 4 aromatic heterocycles. The average molecular weight is 525 g/mol. The quantitative estimate of drug-likeness (QED) is 0.351. The number of rotatable bonds is 6. The molecule has 1 aliphatic carbocycles. The van der Waals surface area contributed by atoms with Crippen LogP contribution in [0.15, 0.2) is 43.0 Å². The largest absolute Gasteiger partial charge is 0.488 e. The van der Waals surface area contributed by atoms with E-state index in [4.69, 9.17) is 9.84 Å². The van der Waals surface area contributed by atoms with Crippen LogP contribution < -0.4 is 10.1 Å². The van der Waals surface area contributed by atoms with Gasteiger partial charge in [0.1, 0.15) is 17.1 Å². The Bertz CT molecular complexity index is 1490. The molecule has 5 rings (SSSR count). The van der Waals surface area contributed by atoms with Gasteiger partial charge in [-0.3, -0.25) is 9.36 Å². The van der Waals surface area contributed by atoms with Gasteiger partial charge in [0.05, 0.1) is 29.9 Å². The lowest BCUT2D eigenvalue weighted by molar-refractivity contribution is -0.143. The molecule has 9 nitrogen and oxygen atoms in total. The van der Waals surface area contributed by atoms with E-state index in [0.717, 1.165) is 22.7 Å². The number of fused-ring (bicyclic) bond motifs is 1. The van der Waals surface area contributed by atoms with Crippen molar-refractivity contribution in [3.05, 3.63) is 48.7 Å². The number of nitrogens with zero attached hydrogens (tertiary/aromatic N) is 7. The first kappa shape index (κ1) is 25.5. The zero-order valence-electron chi connectivity index (χ0n) is 21.2. The van der Waals surface area contributed by atoms with Gasteiger partial charge in [-0.05, 0) is 51.7 Å². The van der Waals surface area contributed by atoms with E-state index in [9.17, 15) is 18.4 Å². The molecule has 0 amide bonds. The van der Waals surface area contributed by atoms with Gasteiger partial charge in [0.15, 0.2) is 11.4 Å². The fourth-order valence-corrected chi connectivity index (χ4v) is 4.75. The molecule has 0 radical (unpaired) electrons. The van der Waals surface area contributed by atoms with Crippen LogP contribution in [0.25, 0.3) is 22.2 Å². The monoisotopic (exact) mass is 524 g/mol. The van der Waals surface area contributed by atoms with Gasteiger partial charge in [-0.1, -0.05) is 0 Å². The maximum atomic E-state index is 13.3. The van der Waals surface area contributed by atoms with Crippen LogP contribution >= 0.6 is 0 Å². The number of hydrogen-bond donors (Lipinski definition) is 1. The maximum Gasteiger partial charge on any atom is 0.437 e. The van der Waals surface area contributed by atoms with Crippen LogP contribution in [0, 0.1) is 11.3 Å². The number of hydrogen-bond acceptors (Lipinski definition) is 7. The molecule has 0 spiro atoms. The lowest BCUT2D eigenvalue weighted by atomic mass is 9.93. The molecule has 4 heterocycles. The highest BCUT2D eigenvalue weighted by Gasteiger charge is 2.37. The van der Waals surface area contributed by atoms with Crippen LogP contribution in [0.3, 0.4) is 0 Å². The van der Waals surface area contributed by atoms with Crippen molar-refractivity contribution in [1.29, 1.82) is 5.26 Å². The molecule has 0 atom stereocenters. The zero-order valence-corrected chi connectivity index (χ0v) is 21.2. The van der Waals surface area contributed by atoms with E-state index < -0.39 is 17.4 Å². The van der Waals surface area contributed by atoms with E-state index in [1.54, 1.807) is 44.2 Å². The molecule has 0 bridgehead atoms. The van der Waals surface area contributed by atoms with Crippen molar-refractivity contribution >= 4 is 16.7 Å². The second kappa shape index (κ2) is 9.63. The minimum atomic E-state index is -4.58. The lowest BCUT2D eigenvalue weighted by Crippen LogP contribution is -2.27. The SMILES string of the molecule is CNc1cc2c(cn1)c(-c1cnn(C(C)(C)C#N)c1)nn2C1CCC(Oc2cccnc2C(F)(F)F)CC1. The summed E-state index contributed by atoms with van der Waals surface area (Å²) < 4.78 is 49.4. The summed E-state index contributed by atoms with van der Waals surface area (Å²) in [7, 11) is 1.79. The molecular weight excluding hydrogens is 497 g/mol. The number of pyridine rings is 2. The van der Waals surface area contributed by atoms with E-state index >= 15 is 0 Å². The Kier molecular flexibility index (Phi) is 6.46. The molecule has 12 heteroatoms. The Morgan fingerprint density at radius 1 is 1.13 bits per heavy atom. The van der Waals surface area contributed by atoms with Gasteiger partial charge in [-0.15, -0.1) is 0 Å². The van der Waals surface area contributed by atoms with E-state index in [0.29, 0.717) is 37.2 Å². The molecule has 1 N–H and O–H groups in total. The third-order valence-electron chi connectivity index (χ3n) is 6.87. The summed E-state index contributed by atoms with van der Waals surface area (Å²) >= 11 is 0. The van der Waals surface area contributed by atoms with E-state index in [1.807, 2.05) is 10.7 Å². The predicted molar refractivity (Wildman–Crippen MR) is 134 cm³/mol. The van der Waals surface area contributed by atoms with Crippen molar-refractivity contribution in [1.82, 2.24) is 29.5 Å². The molecule has 0 aromatic carbocycles. The van der Waals surface area contributed by atoms with Gasteiger partial charge in [0.25, 0.3) is 0 Å². The number of nitrogens with one attached hydrogen (secondary N) is 1. The topological polar surface area (TPSA) is 106 Å². The Hall–Kier alpha value is -4.14. The molecule has 0 aliphatic heterocycles. The Balaban J connectivity index is 1.41. The minimum Gasteiger partial charge on any atom is -0.488 e. The average Bonchev–Trinajstić information content (AvgIpc) is 3.54. The van der Waals surface area contributed by atoms with Gasteiger partial charge >= 0.3 is 6.18 Å². The van der Waals surface area contributed by atoms with Gasteiger partial charge in [0.2, 0.25) is 0 Å².